The summed E-state index contributed by atoms with van der Waals surface area (Å²) in [7, 11) is 0. The van der Waals surface area contributed by atoms with Crippen LogP contribution in [0.15, 0.2) is 36.5 Å². The second-order valence-corrected chi connectivity index (χ2v) is 3.27. The van der Waals surface area contributed by atoms with Crippen LogP contribution < -0.4 is 4.90 Å². The van der Waals surface area contributed by atoms with E-state index < -0.39 is 0 Å². The van der Waals surface area contributed by atoms with Crippen molar-refractivity contribution in [1.29, 1.82) is 0 Å². The Morgan fingerprint density at radius 3 is 2.92 bits per heavy atom. The molecule has 0 atom stereocenters. The number of hydrogen-bond acceptors (Lipinski definition) is 1. The van der Waals surface area contributed by atoms with Gasteiger partial charge in [0.05, 0.1) is 0 Å². The second-order valence-electron chi connectivity index (χ2n) is 3.27. The van der Waals surface area contributed by atoms with E-state index in [1.54, 1.807) is 0 Å². The van der Waals surface area contributed by atoms with E-state index in [0.717, 1.165) is 18.7 Å². The Balaban J connectivity index is 2.42. The molecule has 0 saturated heterocycles. The standard InChI is InChI=1S/C11H13N/c1-9(2)12-8-7-10-5-3-4-6-11(10)12/h3-6H,1,7-8H2,2H3. The number of fused-ring (bicyclic) bond motifs is 1. The minimum atomic E-state index is 1.09. The molecule has 0 aliphatic carbocycles. The Labute approximate surface area is 73.3 Å². The lowest BCUT2D eigenvalue weighted by Crippen LogP contribution is -2.16. The molecule has 0 bridgehead atoms. The zero-order valence-electron chi connectivity index (χ0n) is 7.38. The molecule has 1 aromatic rings. The fourth-order valence-electron chi connectivity index (χ4n) is 1.73. The quantitative estimate of drug-likeness (QED) is 0.608. The van der Waals surface area contributed by atoms with Crippen LogP contribution in [0.1, 0.15) is 12.5 Å². The van der Waals surface area contributed by atoms with Gasteiger partial charge in [-0.25, -0.2) is 0 Å². The average molecular weight is 159 g/mol. The van der Waals surface area contributed by atoms with Gasteiger partial charge in [0.1, 0.15) is 0 Å². The average Bonchev–Trinajstić information content (AvgIpc) is 2.47. The molecule has 0 fully saturated rings. The third-order valence-corrected chi connectivity index (χ3v) is 2.35. The molecule has 1 nitrogen and oxygen atoms in total. The van der Waals surface area contributed by atoms with Gasteiger partial charge in [0.15, 0.2) is 0 Å². The lowest BCUT2D eigenvalue weighted by atomic mass is 10.2. The molecule has 0 unspecified atom stereocenters. The molecule has 1 aliphatic rings. The predicted octanol–water partition coefficient (Wildman–Crippen LogP) is 2.58. The van der Waals surface area contributed by atoms with Gasteiger partial charge < -0.3 is 4.90 Å². The number of nitrogens with zero attached hydrogens (tertiary/aromatic N) is 1. The number of rotatable bonds is 1. The molecular weight excluding hydrogens is 146 g/mol. The Kier molecular flexibility index (Phi) is 1.65. The molecule has 0 N–H and O–H groups in total. The number of hydrogen-bond donors (Lipinski definition) is 0. The van der Waals surface area contributed by atoms with E-state index in [0.29, 0.717) is 0 Å². The highest BCUT2D eigenvalue weighted by Crippen LogP contribution is 2.29. The van der Waals surface area contributed by atoms with Crippen molar-refractivity contribution in [2.24, 2.45) is 0 Å². The Morgan fingerprint density at radius 2 is 2.17 bits per heavy atom. The maximum Gasteiger partial charge on any atom is 0.0441 e. The van der Waals surface area contributed by atoms with Crippen LogP contribution in [0.3, 0.4) is 0 Å². The van der Waals surface area contributed by atoms with Gasteiger partial charge in [0, 0.05) is 17.9 Å². The maximum absolute atomic E-state index is 3.96. The first-order valence-electron chi connectivity index (χ1n) is 4.30. The fraction of sp³-hybridized carbons (Fsp3) is 0.273. The smallest absolute Gasteiger partial charge is 0.0441 e. The van der Waals surface area contributed by atoms with E-state index in [-0.39, 0.29) is 0 Å². The van der Waals surface area contributed by atoms with Gasteiger partial charge in [-0.05, 0) is 25.0 Å². The van der Waals surface area contributed by atoms with Crippen LogP contribution in [0.25, 0.3) is 0 Å². The molecule has 1 heteroatoms. The first-order valence-corrected chi connectivity index (χ1v) is 4.30. The summed E-state index contributed by atoms with van der Waals surface area (Å²) in [5, 5.41) is 0. The van der Waals surface area contributed by atoms with E-state index in [9.17, 15) is 0 Å². The van der Waals surface area contributed by atoms with Crippen molar-refractivity contribution in [2.45, 2.75) is 13.3 Å². The van der Waals surface area contributed by atoms with Crippen LogP contribution in [-0.2, 0) is 6.42 Å². The van der Waals surface area contributed by atoms with E-state index in [2.05, 4.69) is 42.7 Å². The summed E-state index contributed by atoms with van der Waals surface area (Å²) >= 11 is 0. The van der Waals surface area contributed by atoms with Crippen LogP contribution in [0.4, 0.5) is 5.69 Å². The van der Waals surface area contributed by atoms with Gasteiger partial charge >= 0.3 is 0 Å². The van der Waals surface area contributed by atoms with Crippen molar-refractivity contribution in [3.63, 3.8) is 0 Å². The summed E-state index contributed by atoms with van der Waals surface area (Å²) in [5.74, 6) is 0. The van der Waals surface area contributed by atoms with Crippen molar-refractivity contribution in [1.82, 2.24) is 0 Å². The lowest BCUT2D eigenvalue weighted by molar-refractivity contribution is 0.948. The number of benzene rings is 1. The van der Waals surface area contributed by atoms with E-state index in [1.165, 1.54) is 11.3 Å². The summed E-state index contributed by atoms with van der Waals surface area (Å²) in [6, 6.07) is 8.54. The summed E-state index contributed by atoms with van der Waals surface area (Å²) in [4.78, 5) is 2.27. The minimum absolute atomic E-state index is 1.09. The molecular formula is C11H13N. The van der Waals surface area contributed by atoms with Gasteiger partial charge in [-0.2, -0.15) is 0 Å². The summed E-state index contributed by atoms with van der Waals surface area (Å²) in [6.07, 6.45) is 1.16. The molecule has 0 amide bonds. The zero-order valence-corrected chi connectivity index (χ0v) is 7.38. The van der Waals surface area contributed by atoms with Gasteiger partial charge in [-0.1, -0.05) is 24.8 Å². The van der Waals surface area contributed by atoms with Crippen LogP contribution in [0.2, 0.25) is 0 Å². The highest BCUT2D eigenvalue weighted by molar-refractivity contribution is 5.61. The van der Waals surface area contributed by atoms with Crippen molar-refractivity contribution < 1.29 is 0 Å². The van der Waals surface area contributed by atoms with Crippen molar-refractivity contribution in [3.05, 3.63) is 42.1 Å². The summed E-state index contributed by atoms with van der Waals surface area (Å²) in [6.45, 7) is 7.11. The van der Waals surface area contributed by atoms with Gasteiger partial charge in [-0.15, -0.1) is 0 Å². The number of anilines is 1. The fourth-order valence-corrected chi connectivity index (χ4v) is 1.73. The lowest BCUT2D eigenvalue weighted by Gasteiger charge is -2.18. The largest absolute Gasteiger partial charge is 0.345 e. The predicted molar refractivity (Wildman–Crippen MR) is 52.3 cm³/mol. The molecule has 1 aliphatic heterocycles. The van der Waals surface area contributed by atoms with Crippen molar-refractivity contribution >= 4 is 5.69 Å². The summed E-state index contributed by atoms with van der Waals surface area (Å²) in [5.41, 5.74) is 3.92. The Hall–Kier alpha value is -1.24. The normalized spacial score (nSPS) is 14.6. The first kappa shape index (κ1) is 7.41. The molecule has 0 spiro atoms. The van der Waals surface area contributed by atoms with Crippen LogP contribution in [-0.4, -0.2) is 6.54 Å². The molecule has 1 heterocycles. The van der Waals surface area contributed by atoms with Crippen molar-refractivity contribution in [2.75, 3.05) is 11.4 Å². The number of para-hydroxylation sites is 1. The molecule has 12 heavy (non-hydrogen) atoms. The van der Waals surface area contributed by atoms with Crippen LogP contribution in [0, 0.1) is 0 Å². The summed E-state index contributed by atoms with van der Waals surface area (Å²) < 4.78 is 0. The Morgan fingerprint density at radius 1 is 1.42 bits per heavy atom. The zero-order chi connectivity index (χ0) is 8.55. The molecule has 2 rings (SSSR count). The van der Waals surface area contributed by atoms with Crippen LogP contribution in [0.5, 0.6) is 0 Å². The topological polar surface area (TPSA) is 3.24 Å². The van der Waals surface area contributed by atoms with Crippen molar-refractivity contribution in [3.8, 4) is 0 Å². The highest BCUT2D eigenvalue weighted by atomic mass is 15.2. The first-order chi connectivity index (χ1) is 5.79. The molecule has 0 aromatic heterocycles. The van der Waals surface area contributed by atoms with Gasteiger partial charge in [0.2, 0.25) is 0 Å². The van der Waals surface area contributed by atoms with Crippen LogP contribution >= 0.6 is 0 Å². The van der Waals surface area contributed by atoms with Gasteiger partial charge in [0.25, 0.3) is 0 Å². The Bertz CT molecular complexity index is 315. The SMILES string of the molecule is C=C(C)N1CCc2ccccc21. The second kappa shape index (κ2) is 2.67. The molecule has 0 saturated carbocycles. The molecule has 0 radical (unpaired) electrons. The number of allylic oxidation sites excluding steroid dienone is 1. The third-order valence-electron chi connectivity index (χ3n) is 2.35. The van der Waals surface area contributed by atoms with Gasteiger partial charge in [-0.3, -0.25) is 0 Å². The minimum Gasteiger partial charge on any atom is -0.345 e. The monoisotopic (exact) mass is 159 g/mol. The highest BCUT2D eigenvalue weighted by Gasteiger charge is 2.17. The molecule has 1 aromatic carbocycles. The van der Waals surface area contributed by atoms with E-state index in [4.69, 9.17) is 0 Å². The molecule has 62 valence electrons. The third kappa shape index (κ3) is 1.02. The van der Waals surface area contributed by atoms with E-state index >= 15 is 0 Å². The maximum atomic E-state index is 3.96. The van der Waals surface area contributed by atoms with E-state index in [1.807, 2.05) is 0 Å².